The molecule has 0 unspecified atom stereocenters. The number of hydrogen-bond donors (Lipinski definition) is 0. The van der Waals surface area contributed by atoms with E-state index in [0.29, 0.717) is 0 Å². The standard InChI is InChI=1S/C34H25NSi/c1-36(2)32-14-8-6-11-26(32)29-21-28-24(20-33(29)36)16-18-31-34(28)27-12-5-7-13-30(27)35(31)25-17-15-22-9-3-4-10-23(22)19-25/h3-21H,1-2H3. The van der Waals surface area contributed by atoms with E-state index in [9.17, 15) is 0 Å². The van der Waals surface area contributed by atoms with Crippen LogP contribution in [0.15, 0.2) is 115 Å². The number of rotatable bonds is 1. The number of nitrogens with zero attached hydrogens (tertiary/aromatic N) is 1. The van der Waals surface area contributed by atoms with Crippen molar-refractivity contribution < 1.29 is 0 Å². The van der Waals surface area contributed by atoms with Gasteiger partial charge in [0.2, 0.25) is 0 Å². The van der Waals surface area contributed by atoms with Gasteiger partial charge in [0.05, 0.1) is 11.0 Å². The van der Waals surface area contributed by atoms with Crippen LogP contribution in [0.4, 0.5) is 0 Å². The second-order valence-electron chi connectivity index (χ2n) is 10.6. The highest BCUT2D eigenvalue weighted by Crippen LogP contribution is 2.39. The zero-order valence-corrected chi connectivity index (χ0v) is 21.4. The first kappa shape index (κ1) is 20.1. The van der Waals surface area contributed by atoms with Gasteiger partial charge in [-0.2, -0.15) is 0 Å². The van der Waals surface area contributed by atoms with Crippen LogP contribution in [0.5, 0.6) is 0 Å². The molecule has 0 fully saturated rings. The third kappa shape index (κ3) is 2.54. The van der Waals surface area contributed by atoms with Gasteiger partial charge in [-0.25, -0.2) is 0 Å². The van der Waals surface area contributed by atoms with Crippen LogP contribution in [-0.4, -0.2) is 12.6 Å². The van der Waals surface area contributed by atoms with E-state index in [-0.39, 0.29) is 0 Å². The van der Waals surface area contributed by atoms with Crippen LogP contribution in [0.1, 0.15) is 0 Å². The molecule has 0 aliphatic carbocycles. The summed E-state index contributed by atoms with van der Waals surface area (Å²) < 4.78 is 2.44. The lowest BCUT2D eigenvalue weighted by atomic mass is 9.98. The van der Waals surface area contributed by atoms with Gasteiger partial charge in [0.1, 0.15) is 8.07 Å². The number of fused-ring (bicyclic) bond motifs is 9. The molecule has 170 valence electrons. The zero-order chi connectivity index (χ0) is 24.0. The quantitative estimate of drug-likeness (QED) is 0.213. The summed E-state index contributed by atoms with van der Waals surface area (Å²) in [5.41, 5.74) is 6.60. The molecule has 0 spiro atoms. The van der Waals surface area contributed by atoms with Gasteiger partial charge in [-0.15, -0.1) is 0 Å². The van der Waals surface area contributed by atoms with E-state index < -0.39 is 8.07 Å². The SMILES string of the molecule is C[Si]1(C)c2ccccc2-c2cc3c(ccc4c3c3ccccc3n4-c3ccc4ccccc4c3)cc21. The lowest BCUT2D eigenvalue weighted by Crippen LogP contribution is -2.49. The fraction of sp³-hybridized carbons (Fsp3) is 0.0588. The number of hydrogen-bond acceptors (Lipinski definition) is 0. The Labute approximate surface area is 211 Å². The van der Waals surface area contributed by atoms with E-state index in [1.54, 1.807) is 10.4 Å². The predicted molar refractivity (Wildman–Crippen MR) is 158 cm³/mol. The molecule has 0 amide bonds. The fourth-order valence-corrected chi connectivity index (χ4v) is 9.67. The van der Waals surface area contributed by atoms with Gasteiger partial charge >= 0.3 is 0 Å². The Balaban J connectivity index is 1.50. The monoisotopic (exact) mass is 475 g/mol. The molecule has 2 heterocycles. The molecule has 2 heteroatoms. The van der Waals surface area contributed by atoms with Crippen LogP contribution >= 0.6 is 0 Å². The van der Waals surface area contributed by atoms with Crippen LogP contribution in [0.25, 0.3) is 60.2 Å². The summed E-state index contributed by atoms with van der Waals surface area (Å²) in [6, 6.07) is 43.0. The molecule has 0 saturated heterocycles. The highest BCUT2D eigenvalue weighted by atomic mass is 28.3. The average Bonchev–Trinajstić information content (AvgIpc) is 3.37. The van der Waals surface area contributed by atoms with Crippen molar-refractivity contribution in [2.24, 2.45) is 0 Å². The molecule has 0 N–H and O–H groups in total. The summed E-state index contributed by atoms with van der Waals surface area (Å²) in [7, 11) is -1.70. The van der Waals surface area contributed by atoms with Crippen LogP contribution < -0.4 is 10.4 Å². The van der Waals surface area contributed by atoms with Crippen molar-refractivity contribution in [3.8, 4) is 16.8 Å². The van der Waals surface area contributed by atoms with Crippen LogP contribution in [-0.2, 0) is 0 Å². The van der Waals surface area contributed by atoms with Crippen molar-refractivity contribution in [1.29, 1.82) is 0 Å². The average molecular weight is 476 g/mol. The number of aromatic nitrogens is 1. The largest absolute Gasteiger partial charge is 0.309 e. The Kier molecular flexibility index (Phi) is 3.89. The topological polar surface area (TPSA) is 4.93 Å². The van der Waals surface area contributed by atoms with Crippen molar-refractivity contribution in [3.63, 3.8) is 0 Å². The molecule has 7 aromatic rings. The van der Waals surface area contributed by atoms with Crippen molar-refractivity contribution in [1.82, 2.24) is 4.57 Å². The van der Waals surface area contributed by atoms with Crippen LogP contribution in [0.3, 0.4) is 0 Å². The number of para-hydroxylation sites is 1. The maximum Gasteiger partial charge on any atom is 0.113 e. The van der Waals surface area contributed by atoms with Gasteiger partial charge in [-0.3, -0.25) is 0 Å². The van der Waals surface area contributed by atoms with Gasteiger partial charge in [0.15, 0.2) is 0 Å². The zero-order valence-electron chi connectivity index (χ0n) is 20.4. The summed E-state index contributed by atoms with van der Waals surface area (Å²) in [6.45, 7) is 4.99. The van der Waals surface area contributed by atoms with Crippen molar-refractivity contribution in [2.75, 3.05) is 0 Å². The first-order valence-electron chi connectivity index (χ1n) is 12.7. The second-order valence-corrected chi connectivity index (χ2v) is 15.0. The Morgan fingerprint density at radius 3 is 2.17 bits per heavy atom. The lowest BCUT2D eigenvalue weighted by molar-refractivity contribution is 1.19. The van der Waals surface area contributed by atoms with Crippen molar-refractivity contribution >= 4 is 61.8 Å². The molecular formula is C34H25NSi. The molecule has 8 rings (SSSR count). The minimum absolute atomic E-state index is 1.21. The minimum Gasteiger partial charge on any atom is -0.309 e. The summed E-state index contributed by atoms with van der Waals surface area (Å²) in [4.78, 5) is 0. The summed E-state index contributed by atoms with van der Waals surface area (Å²) >= 11 is 0. The molecule has 6 aromatic carbocycles. The second kappa shape index (κ2) is 6.96. The molecule has 0 atom stereocenters. The van der Waals surface area contributed by atoms with Crippen molar-refractivity contribution in [2.45, 2.75) is 13.1 Å². The Bertz CT molecular complexity index is 2030. The van der Waals surface area contributed by atoms with Gasteiger partial charge in [-0.05, 0) is 73.4 Å². The maximum atomic E-state index is 2.50. The fourth-order valence-electron chi connectivity index (χ4n) is 6.58. The molecule has 1 aromatic heterocycles. The normalized spacial score (nSPS) is 14.1. The Morgan fingerprint density at radius 1 is 0.500 bits per heavy atom. The summed E-state index contributed by atoms with van der Waals surface area (Å²) in [6.07, 6.45) is 0. The predicted octanol–water partition coefficient (Wildman–Crippen LogP) is 7.89. The van der Waals surface area contributed by atoms with Gasteiger partial charge in [0.25, 0.3) is 0 Å². The lowest BCUT2D eigenvalue weighted by Gasteiger charge is -2.19. The van der Waals surface area contributed by atoms with Crippen LogP contribution in [0, 0.1) is 0 Å². The van der Waals surface area contributed by atoms with E-state index in [4.69, 9.17) is 0 Å². The molecular weight excluding hydrogens is 450 g/mol. The highest BCUT2D eigenvalue weighted by molar-refractivity contribution is 7.04. The molecule has 0 saturated carbocycles. The Hall–Kier alpha value is -4.14. The van der Waals surface area contributed by atoms with Gasteiger partial charge in [0, 0.05) is 16.5 Å². The van der Waals surface area contributed by atoms with E-state index in [2.05, 4.69) is 133 Å². The Morgan fingerprint density at radius 2 is 1.25 bits per heavy atom. The van der Waals surface area contributed by atoms with Crippen molar-refractivity contribution in [3.05, 3.63) is 115 Å². The number of benzene rings is 6. The van der Waals surface area contributed by atoms with Crippen LogP contribution in [0.2, 0.25) is 13.1 Å². The van der Waals surface area contributed by atoms with Gasteiger partial charge in [-0.1, -0.05) is 98.0 Å². The summed E-state index contributed by atoms with van der Waals surface area (Å²) in [5, 5.41) is 11.0. The first-order chi connectivity index (χ1) is 17.6. The molecule has 0 radical (unpaired) electrons. The highest BCUT2D eigenvalue weighted by Gasteiger charge is 2.37. The third-order valence-electron chi connectivity index (χ3n) is 8.35. The van der Waals surface area contributed by atoms with Gasteiger partial charge < -0.3 is 4.57 Å². The molecule has 36 heavy (non-hydrogen) atoms. The molecule has 0 bridgehead atoms. The molecule has 1 nitrogen and oxygen atoms in total. The summed E-state index contributed by atoms with van der Waals surface area (Å²) in [5.74, 6) is 0. The van der Waals surface area contributed by atoms with E-state index in [1.165, 1.54) is 60.2 Å². The first-order valence-corrected chi connectivity index (χ1v) is 15.7. The smallest absolute Gasteiger partial charge is 0.113 e. The van der Waals surface area contributed by atoms with E-state index in [0.717, 1.165) is 0 Å². The van der Waals surface area contributed by atoms with E-state index in [1.807, 2.05) is 0 Å². The molecule has 1 aliphatic rings. The third-order valence-corrected chi connectivity index (χ3v) is 11.9. The van der Waals surface area contributed by atoms with E-state index >= 15 is 0 Å². The maximum absolute atomic E-state index is 2.50. The minimum atomic E-state index is -1.70. The molecule has 1 aliphatic heterocycles.